The van der Waals surface area contributed by atoms with Gasteiger partial charge in [-0.25, -0.2) is 4.39 Å². The van der Waals surface area contributed by atoms with E-state index in [1.54, 1.807) is 12.1 Å². The Labute approximate surface area is 113 Å². The highest BCUT2D eigenvalue weighted by molar-refractivity contribution is 5.77. The molecule has 0 aromatic heterocycles. The SMILES string of the molecule is CN(C)CCCCNC(=O)COc1cccc(F)c1. The van der Waals surface area contributed by atoms with Crippen LogP contribution in [0.4, 0.5) is 4.39 Å². The number of rotatable bonds is 8. The Balaban J connectivity index is 2.11. The van der Waals surface area contributed by atoms with E-state index >= 15 is 0 Å². The molecule has 0 unspecified atom stereocenters. The number of hydrogen-bond acceptors (Lipinski definition) is 3. The number of halogens is 1. The molecular weight excluding hydrogens is 247 g/mol. The lowest BCUT2D eigenvalue weighted by Crippen LogP contribution is -2.30. The molecule has 0 aliphatic carbocycles. The lowest BCUT2D eigenvalue weighted by molar-refractivity contribution is -0.123. The fourth-order valence-corrected chi connectivity index (χ4v) is 1.54. The van der Waals surface area contributed by atoms with Gasteiger partial charge in [-0.15, -0.1) is 0 Å². The number of carbonyl (C=O) groups excluding carboxylic acids is 1. The van der Waals surface area contributed by atoms with Crippen molar-refractivity contribution in [1.29, 1.82) is 0 Å². The highest BCUT2D eigenvalue weighted by atomic mass is 19.1. The van der Waals surface area contributed by atoms with Gasteiger partial charge in [-0.1, -0.05) is 6.07 Å². The zero-order valence-electron chi connectivity index (χ0n) is 11.5. The van der Waals surface area contributed by atoms with Gasteiger partial charge in [-0.3, -0.25) is 4.79 Å². The first-order valence-corrected chi connectivity index (χ1v) is 6.38. The minimum atomic E-state index is -0.374. The van der Waals surface area contributed by atoms with Crippen molar-refractivity contribution in [2.45, 2.75) is 12.8 Å². The van der Waals surface area contributed by atoms with Crippen LogP contribution in [-0.4, -0.2) is 44.6 Å². The van der Waals surface area contributed by atoms with Gasteiger partial charge in [-0.05, 0) is 45.6 Å². The van der Waals surface area contributed by atoms with Crippen LogP contribution in [0.1, 0.15) is 12.8 Å². The van der Waals surface area contributed by atoms with Gasteiger partial charge in [-0.2, -0.15) is 0 Å². The zero-order valence-corrected chi connectivity index (χ0v) is 11.5. The topological polar surface area (TPSA) is 41.6 Å². The molecule has 4 nitrogen and oxygen atoms in total. The van der Waals surface area contributed by atoms with Gasteiger partial charge in [0.15, 0.2) is 6.61 Å². The lowest BCUT2D eigenvalue weighted by atomic mass is 10.3. The summed E-state index contributed by atoms with van der Waals surface area (Å²) in [4.78, 5) is 13.6. The van der Waals surface area contributed by atoms with Crippen molar-refractivity contribution in [1.82, 2.24) is 10.2 Å². The molecule has 0 aliphatic heterocycles. The maximum absolute atomic E-state index is 12.9. The summed E-state index contributed by atoms with van der Waals surface area (Å²) in [7, 11) is 4.04. The first kappa shape index (κ1) is 15.4. The van der Waals surface area contributed by atoms with Crippen LogP contribution >= 0.6 is 0 Å². The third-order valence-corrected chi connectivity index (χ3v) is 2.52. The van der Waals surface area contributed by atoms with Crippen LogP contribution in [0.15, 0.2) is 24.3 Å². The van der Waals surface area contributed by atoms with Crippen molar-refractivity contribution < 1.29 is 13.9 Å². The predicted molar refractivity (Wildman–Crippen MR) is 72.7 cm³/mol. The van der Waals surface area contributed by atoms with Crippen LogP contribution < -0.4 is 10.1 Å². The molecular formula is C14H21FN2O2. The first-order chi connectivity index (χ1) is 9.08. The molecule has 0 spiro atoms. The zero-order chi connectivity index (χ0) is 14.1. The second-order valence-electron chi connectivity index (χ2n) is 4.61. The summed E-state index contributed by atoms with van der Waals surface area (Å²) in [5.41, 5.74) is 0. The van der Waals surface area contributed by atoms with E-state index in [1.807, 2.05) is 14.1 Å². The standard InChI is InChI=1S/C14H21FN2O2/c1-17(2)9-4-3-8-16-14(18)11-19-13-7-5-6-12(15)10-13/h5-7,10H,3-4,8-9,11H2,1-2H3,(H,16,18). The smallest absolute Gasteiger partial charge is 0.257 e. The molecule has 0 bridgehead atoms. The molecule has 0 saturated heterocycles. The molecule has 106 valence electrons. The molecule has 1 amide bonds. The van der Waals surface area contributed by atoms with Gasteiger partial charge in [0.2, 0.25) is 0 Å². The van der Waals surface area contributed by atoms with Gasteiger partial charge >= 0.3 is 0 Å². The number of unbranched alkanes of at least 4 members (excludes halogenated alkanes) is 1. The van der Waals surface area contributed by atoms with Crippen molar-refractivity contribution in [3.8, 4) is 5.75 Å². The van der Waals surface area contributed by atoms with E-state index in [9.17, 15) is 9.18 Å². The molecule has 0 radical (unpaired) electrons. The normalized spacial score (nSPS) is 10.5. The van der Waals surface area contributed by atoms with Gasteiger partial charge in [0.05, 0.1) is 0 Å². The summed E-state index contributed by atoms with van der Waals surface area (Å²) in [6, 6.07) is 5.75. The Hall–Kier alpha value is -1.62. The molecule has 0 saturated carbocycles. The largest absolute Gasteiger partial charge is 0.484 e. The van der Waals surface area contributed by atoms with Crippen molar-refractivity contribution in [2.24, 2.45) is 0 Å². The average molecular weight is 268 g/mol. The van der Waals surface area contributed by atoms with Gasteiger partial charge < -0.3 is 15.0 Å². The minimum Gasteiger partial charge on any atom is -0.484 e. The Morgan fingerprint density at radius 1 is 1.37 bits per heavy atom. The summed E-state index contributed by atoms with van der Waals surface area (Å²) < 4.78 is 18.0. The van der Waals surface area contributed by atoms with E-state index < -0.39 is 0 Å². The predicted octanol–water partition coefficient (Wildman–Crippen LogP) is 1.66. The summed E-state index contributed by atoms with van der Waals surface area (Å²) in [6.45, 7) is 1.56. The summed E-state index contributed by atoms with van der Waals surface area (Å²) in [5.74, 6) is -0.196. The second kappa shape index (κ2) is 8.48. The first-order valence-electron chi connectivity index (χ1n) is 6.38. The van der Waals surface area contributed by atoms with Gasteiger partial charge in [0.1, 0.15) is 11.6 Å². The average Bonchev–Trinajstić information content (AvgIpc) is 2.35. The van der Waals surface area contributed by atoms with E-state index in [0.717, 1.165) is 19.4 Å². The van der Waals surface area contributed by atoms with Crippen molar-refractivity contribution >= 4 is 5.91 Å². The van der Waals surface area contributed by atoms with Gasteiger partial charge in [0.25, 0.3) is 5.91 Å². The Kier molecular flexibility index (Phi) is 6.89. The number of nitrogens with zero attached hydrogens (tertiary/aromatic N) is 1. The van der Waals surface area contributed by atoms with Crippen LogP contribution in [-0.2, 0) is 4.79 Å². The molecule has 0 aliphatic rings. The molecule has 5 heteroatoms. The third-order valence-electron chi connectivity index (χ3n) is 2.52. The van der Waals surface area contributed by atoms with Crippen molar-refractivity contribution in [3.63, 3.8) is 0 Å². The molecule has 0 heterocycles. The third kappa shape index (κ3) is 7.41. The van der Waals surface area contributed by atoms with E-state index in [-0.39, 0.29) is 18.3 Å². The molecule has 1 aromatic rings. The fourth-order valence-electron chi connectivity index (χ4n) is 1.54. The minimum absolute atomic E-state index is 0.0862. The molecule has 1 N–H and O–H groups in total. The number of nitrogens with one attached hydrogen (secondary N) is 1. The highest BCUT2D eigenvalue weighted by Crippen LogP contribution is 2.11. The van der Waals surface area contributed by atoms with Crippen LogP contribution in [0.2, 0.25) is 0 Å². The monoisotopic (exact) mass is 268 g/mol. The number of carbonyl (C=O) groups is 1. The maximum atomic E-state index is 12.9. The van der Waals surface area contributed by atoms with E-state index in [0.29, 0.717) is 12.3 Å². The van der Waals surface area contributed by atoms with E-state index in [4.69, 9.17) is 4.74 Å². The summed E-state index contributed by atoms with van der Waals surface area (Å²) in [5, 5.41) is 2.77. The molecule has 0 fully saturated rings. The van der Waals surface area contributed by atoms with Crippen LogP contribution in [0.25, 0.3) is 0 Å². The second-order valence-corrected chi connectivity index (χ2v) is 4.61. The Morgan fingerprint density at radius 2 is 2.16 bits per heavy atom. The van der Waals surface area contributed by atoms with Crippen molar-refractivity contribution in [2.75, 3.05) is 33.8 Å². The van der Waals surface area contributed by atoms with E-state index in [1.165, 1.54) is 12.1 Å². The maximum Gasteiger partial charge on any atom is 0.257 e. The molecule has 0 atom stereocenters. The highest BCUT2D eigenvalue weighted by Gasteiger charge is 2.02. The molecule has 19 heavy (non-hydrogen) atoms. The van der Waals surface area contributed by atoms with Crippen LogP contribution in [0.3, 0.4) is 0 Å². The molecule has 1 aromatic carbocycles. The Morgan fingerprint density at radius 3 is 2.84 bits per heavy atom. The van der Waals surface area contributed by atoms with Gasteiger partial charge in [0, 0.05) is 12.6 Å². The lowest BCUT2D eigenvalue weighted by Gasteiger charge is -2.10. The Bertz CT molecular complexity index is 397. The fraction of sp³-hybridized carbons (Fsp3) is 0.500. The van der Waals surface area contributed by atoms with E-state index in [2.05, 4.69) is 10.2 Å². The molecule has 1 rings (SSSR count). The number of hydrogen-bond donors (Lipinski definition) is 1. The number of amides is 1. The van der Waals surface area contributed by atoms with Crippen LogP contribution in [0, 0.1) is 5.82 Å². The number of ether oxygens (including phenoxy) is 1. The number of benzene rings is 1. The van der Waals surface area contributed by atoms with Crippen molar-refractivity contribution in [3.05, 3.63) is 30.1 Å². The summed E-state index contributed by atoms with van der Waals surface area (Å²) in [6.07, 6.45) is 1.97. The quantitative estimate of drug-likeness (QED) is 0.729. The van der Waals surface area contributed by atoms with Crippen LogP contribution in [0.5, 0.6) is 5.75 Å². The summed E-state index contributed by atoms with van der Waals surface area (Å²) >= 11 is 0.